The molecule has 0 spiro atoms. The molecule has 0 bridgehead atoms. The molecule has 1 aromatic carbocycles. The summed E-state index contributed by atoms with van der Waals surface area (Å²) in [5.74, 6) is 1.00. The van der Waals surface area contributed by atoms with Crippen molar-refractivity contribution >= 4 is 12.1 Å². The molecule has 0 aliphatic carbocycles. The van der Waals surface area contributed by atoms with Gasteiger partial charge >= 0.3 is 0 Å². The van der Waals surface area contributed by atoms with Crippen LogP contribution in [-0.4, -0.2) is 24.1 Å². The van der Waals surface area contributed by atoms with E-state index in [2.05, 4.69) is 15.2 Å². The third kappa shape index (κ3) is 3.38. The van der Waals surface area contributed by atoms with Crippen LogP contribution in [0.15, 0.2) is 58.9 Å². The minimum Gasteiger partial charge on any atom is -0.496 e. The number of para-hydroxylation sites is 1. The Balaban J connectivity index is 2.15. The van der Waals surface area contributed by atoms with E-state index >= 15 is 0 Å². The van der Waals surface area contributed by atoms with Gasteiger partial charge in [0.2, 0.25) is 0 Å². The predicted molar refractivity (Wildman–Crippen MR) is 75.5 cm³/mol. The van der Waals surface area contributed by atoms with Gasteiger partial charge in [-0.3, -0.25) is 4.98 Å². The molecule has 0 amide bonds. The topological polar surface area (TPSA) is 72.9 Å². The van der Waals surface area contributed by atoms with Crippen LogP contribution in [0.3, 0.4) is 0 Å². The number of hydrogen-bond acceptors (Lipinski definition) is 4. The van der Waals surface area contributed by atoms with Crippen molar-refractivity contribution < 1.29 is 4.74 Å². The van der Waals surface area contributed by atoms with Gasteiger partial charge in [-0.1, -0.05) is 18.2 Å². The smallest absolute Gasteiger partial charge is 0.171 e. The van der Waals surface area contributed by atoms with E-state index in [0.717, 1.165) is 11.3 Å². The standard InChI is InChI=1S/C14H14N4O/c1-19-13-8-3-2-6-11(13)10-17-18-14(15)12-7-4-5-9-16-12/h2-10H,1H3,(H2,15,18)/b17-10-. The van der Waals surface area contributed by atoms with E-state index in [-0.39, 0.29) is 5.84 Å². The van der Waals surface area contributed by atoms with Crippen molar-refractivity contribution in [1.29, 1.82) is 0 Å². The highest BCUT2D eigenvalue weighted by molar-refractivity contribution is 5.96. The molecule has 0 aliphatic heterocycles. The Morgan fingerprint density at radius 2 is 2.00 bits per heavy atom. The SMILES string of the molecule is COc1ccccc1/C=N\N=C(\N)c1ccccn1. The zero-order valence-electron chi connectivity index (χ0n) is 10.5. The number of nitrogens with zero attached hydrogens (tertiary/aromatic N) is 3. The van der Waals surface area contributed by atoms with E-state index in [1.165, 1.54) is 0 Å². The van der Waals surface area contributed by atoms with E-state index in [9.17, 15) is 0 Å². The average Bonchev–Trinajstić information content (AvgIpc) is 2.48. The van der Waals surface area contributed by atoms with Crippen LogP contribution < -0.4 is 10.5 Å². The maximum atomic E-state index is 5.77. The van der Waals surface area contributed by atoms with E-state index < -0.39 is 0 Å². The average molecular weight is 254 g/mol. The van der Waals surface area contributed by atoms with E-state index in [4.69, 9.17) is 10.5 Å². The number of amidine groups is 1. The Hall–Kier alpha value is -2.69. The Labute approximate surface area is 111 Å². The van der Waals surface area contributed by atoms with Gasteiger partial charge in [0.05, 0.1) is 13.3 Å². The molecular weight excluding hydrogens is 240 g/mol. The van der Waals surface area contributed by atoms with Gasteiger partial charge in [0.1, 0.15) is 11.4 Å². The highest BCUT2D eigenvalue weighted by Gasteiger charge is 1.98. The molecule has 0 saturated heterocycles. The maximum absolute atomic E-state index is 5.77. The van der Waals surface area contributed by atoms with Gasteiger partial charge < -0.3 is 10.5 Å². The van der Waals surface area contributed by atoms with E-state index in [1.54, 1.807) is 25.6 Å². The monoisotopic (exact) mass is 254 g/mol. The summed E-state index contributed by atoms with van der Waals surface area (Å²) in [6.07, 6.45) is 3.25. The molecule has 5 nitrogen and oxygen atoms in total. The fourth-order valence-corrected chi connectivity index (χ4v) is 1.49. The molecule has 5 heteroatoms. The Kier molecular flexibility index (Phi) is 4.23. The lowest BCUT2D eigenvalue weighted by atomic mass is 10.2. The van der Waals surface area contributed by atoms with Crippen molar-refractivity contribution in [2.45, 2.75) is 0 Å². The summed E-state index contributed by atoms with van der Waals surface area (Å²) in [7, 11) is 1.61. The Morgan fingerprint density at radius 3 is 2.74 bits per heavy atom. The number of methoxy groups -OCH3 is 1. The first-order chi connectivity index (χ1) is 9.31. The molecule has 0 radical (unpaired) electrons. The molecule has 0 saturated carbocycles. The number of benzene rings is 1. The molecule has 2 rings (SSSR count). The number of rotatable bonds is 4. The third-order valence-electron chi connectivity index (χ3n) is 2.43. The molecule has 2 N–H and O–H groups in total. The normalized spacial score (nSPS) is 11.7. The second-order valence-corrected chi connectivity index (χ2v) is 3.69. The van der Waals surface area contributed by atoms with Crippen LogP contribution in [0.5, 0.6) is 5.75 Å². The van der Waals surface area contributed by atoms with Crippen molar-refractivity contribution in [2.75, 3.05) is 7.11 Å². The molecule has 1 heterocycles. The molecule has 96 valence electrons. The first-order valence-corrected chi connectivity index (χ1v) is 5.72. The van der Waals surface area contributed by atoms with Crippen LogP contribution >= 0.6 is 0 Å². The van der Waals surface area contributed by atoms with E-state index in [0.29, 0.717) is 5.69 Å². The quantitative estimate of drug-likeness (QED) is 0.514. The largest absolute Gasteiger partial charge is 0.496 e. The molecule has 0 unspecified atom stereocenters. The van der Waals surface area contributed by atoms with E-state index in [1.807, 2.05) is 36.4 Å². The van der Waals surface area contributed by atoms with Crippen molar-refractivity contribution in [2.24, 2.45) is 15.9 Å². The van der Waals surface area contributed by atoms with Gasteiger partial charge in [-0.25, -0.2) is 0 Å². The Morgan fingerprint density at radius 1 is 1.21 bits per heavy atom. The van der Waals surface area contributed by atoms with Crippen molar-refractivity contribution in [3.05, 3.63) is 59.9 Å². The summed E-state index contributed by atoms with van der Waals surface area (Å²) >= 11 is 0. The number of ether oxygens (including phenoxy) is 1. The van der Waals surface area contributed by atoms with Crippen molar-refractivity contribution in [3.8, 4) is 5.75 Å². The molecular formula is C14H14N4O. The van der Waals surface area contributed by atoms with Gasteiger partial charge in [0.25, 0.3) is 0 Å². The first kappa shape index (κ1) is 12.8. The molecule has 0 atom stereocenters. The Bertz CT molecular complexity index is 593. The van der Waals surface area contributed by atoms with Gasteiger partial charge in [0.15, 0.2) is 5.84 Å². The summed E-state index contributed by atoms with van der Waals surface area (Å²) in [6.45, 7) is 0. The summed E-state index contributed by atoms with van der Waals surface area (Å²) in [5, 5.41) is 7.86. The molecule has 0 fully saturated rings. The lowest BCUT2D eigenvalue weighted by Crippen LogP contribution is -2.14. The highest BCUT2D eigenvalue weighted by Crippen LogP contribution is 2.14. The summed E-state index contributed by atoms with van der Waals surface area (Å²) in [4.78, 5) is 4.08. The number of pyridine rings is 1. The van der Waals surface area contributed by atoms with Gasteiger partial charge in [-0.2, -0.15) is 5.10 Å². The summed E-state index contributed by atoms with van der Waals surface area (Å²) < 4.78 is 5.20. The summed E-state index contributed by atoms with van der Waals surface area (Å²) in [5.41, 5.74) is 7.20. The molecule has 19 heavy (non-hydrogen) atoms. The second kappa shape index (κ2) is 6.30. The van der Waals surface area contributed by atoms with Crippen molar-refractivity contribution in [3.63, 3.8) is 0 Å². The fraction of sp³-hybridized carbons (Fsp3) is 0.0714. The van der Waals surface area contributed by atoms with Crippen LogP contribution in [0.4, 0.5) is 0 Å². The third-order valence-corrected chi connectivity index (χ3v) is 2.43. The summed E-state index contributed by atoms with van der Waals surface area (Å²) in [6, 6.07) is 13.0. The van der Waals surface area contributed by atoms with Gasteiger partial charge in [-0.05, 0) is 24.3 Å². The van der Waals surface area contributed by atoms with Crippen molar-refractivity contribution in [1.82, 2.24) is 4.98 Å². The fourth-order valence-electron chi connectivity index (χ4n) is 1.49. The number of aromatic nitrogens is 1. The van der Waals surface area contributed by atoms with Gasteiger partial charge in [0, 0.05) is 11.8 Å². The zero-order chi connectivity index (χ0) is 13.5. The van der Waals surface area contributed by atoms with Crippen LogP contribution in [0.25, 0.3) is 0 Å². The van der Waals surface area contributed by atoms with Crippen LogP contribution in [0, 0.1) is 0 Å². The lowest BCUT2D eigenvalue weighted by molar-refractivity contribution is 0.414. The van der Waals surface area contributed by atoms with Crippen LogP contribution in [0.1, 0.15) is 11.3 Å². The number of hydrogen-bond donors (Lipinski definition) is 1. The van der Waals surface area contributed by atoms with Crippen LogP contribution in [0.2, 0.25) is 0 Å². The second-order valence-electron chi connectivity index (χ2n) is 3.69. The van der Waals surface area contributed by atoms with Gasteiger partial charge in [-0.15, -0.1) is 5.10 Å². The van der Waals surface area contributed by atoms with Crippen LogP contribution in [-0.2, 0) is 0 Å². The minimum absolute atomic E-state index is 0.270. The molecule has 0 aliphatic rings. The molecule has 1 aromatic heterocycles. The minimum atomic E-state index is 0.270. The maximum Gasteiger partial charge on any atom is 0.171 e. The highest BCUT2D eigenvalue weighted by atomic mass is 16.5. The molecule has 2 aromatic rings. The predicted octanol–water partition coefficient (Wildman–Crippen LogP) is 1.83. The zero-order valence-corrected chi connectivity index (χ0v) is 10.5. The number of nitrogens with two attached hydrogens (primary N) is 1. The lowest BCUT2D eigenvalue weighted by Gasteiger charge is -2.01. The first-order valence-electron chi connectivity index (χ1n) is 5.72.